The molecule has 0 unspecified atom stereocenters. The highest BCUT2D eigenvalue weighted by Crippen LogP contribution is 2.19. The second-order valence-corrected chi connectivity index (χ2v) is 5.20. The minimum absolute atomic E-state index is 0.551. The lowest BCUT2D eigenvalue weighted by molar-refractivity contribution is 0.305. The van der Waals surface area contributed by atoms with Crippen LogP contribution in [0.1, 0.15) is 19.0 Å². The predicted molar refractivity (Wildman–Crippen MR) is 86.0 cm³/mol. The van der Waals surface area contributed by atoms with E-state index in [1.54, 1.807) is 6.20 Å². The summed E-state index contributed by atoms with van der Waals surface area (Å²) in [5, 5.41) is 3.97. The van der Waals surface area contributed by atoms with Gasteiger partial charge in [0, 0.05) is 30.9 Å². The van der Waals surface area contributed by atoms with Crippen molar-refractivity contribution in [3.05, 3.63) is 36.2 Å². The van der Waals surface area contributed by atoms with Gasteiger partial charge in [-0.15, -0.1) is 0 Å². The van der Waals surface area contributed by atoms with Crippen molar-refractivity contribution in [1.29, 1.82) is 0 Å². The highest BCUT2D eigenvalue weighted by molar-refractivity contribution is 7.98. The zero-order chi connectivity index (χ0) is 14.9. The molecule has 0 bridgehead atoms. The van der Waals surface area contributed by atoms with E-state index in [2.05, 4.69) is 27.2 Å². The van der Waals surface area contributed by atoms with Crippen LogP contribution in [0.5, 0.6) is 5.88 Å². The standard InChI is InChI=1S/C15H20N4OS/c1-3-8-17-13-11-14(19-15(18-13)21-2)20-10-7-12-6-4-5-9-16-12/h4-6,9,11H,3,7-8,10H2,1-2H3,(H,17,18,19). The van der Waals surface area contributed by atoms with E-state index in [0.717, 1.165) is 30.9 Å². The molecule has 0 spiro atoms. The first-order chi connectivity index (χ1) is 10.3. The molecular weight excluding hydrogens is 284 g/mol. The maximum Gasteiger partial charge on any atom is 0.219 e. The maximum absolute atomic E-state index is 5.73. The molecule has 0 saturated heterocycles. The quantitative estimate of drug-likeness (QED) is 0.597. The molecule has 0 fully saturated rings. The lowest BCUT2D eigenvalue weighted by Crippen LogP contribution is -2.07. The Hall–Kier alpha value is -1.82. The van der Waals surface area contributed by atoms with E-state index in [0.29, 0.717) is 17.6 Å². The SMILES string of the molecule is CCCNc1cc(OCCc2ccccn2)nc(SC)n1. The summed E-state index contributed by atoms with van der Waals surface area (Å²) in [6.45, 7) is 3.56. The molecule has 0 aromatic carbocycles. The normalized spacial score (nSPS) is 10.4. The number of nitrogens with zero attached hydrogens (tertiary/aromatic N) is 3. The fourth-order valence-electron chi connectivity index (χ4n) is 1.72. The van der Waals surface area contributed by atoms with Crippen molar-refractivity contribution in [3.63, 3.8) is 0 Å². The summed E-state index contributed by atoms with van der Waals surface area (Å²) in [6.07, 6.45) is 5.56. The first-order valence-electron chi connectivity index (χ1n) is 7.01. The Morgan fingerprint density at radius 3 is 2.90 bits per heavy atom. The highest BCUT2D eigenvalue weighted by Gasteiger charge is 2.05. The molecule has 1 N–H and O–H groups in total. The predicted octanol–water partition coefficient (Wildman–Crippen LogP) is 3.04. The smallest absolute Gasteiger partial charge is 0.219 e. The van der Waals surface area contributed by atoms with Gasteiger partial charge in [0.15, 0.2) is 5.16 Å². The van der Waals surface area contributed by atoms with Crippen LogP contribution in [0.15, 0.2) is 35.6 Å². The zero-order valence-corrected chi connectivity index (χ0v) is 13.2. The van der Waals surface area contributed by atoms with Gasteiger partial charge < -0.3 is 10.1 Å². The third kappa shape index (κ3) is 5.23. The van der Waals surface area contributed by atoms with Gasteiger partial charge in [-0.25, -0.2) is 4.98 Å². The molecule has 0 aliphatic rings. The molecular formula is C15H20N4OS. The van der Waals surface area contributed by atoms with Crippen LogP contribution in [0, 0.1) is 0 Å². The summed E-state index contributed by atoms with van der Waals surface area (Å²) in [6, 6.07) is 7.72. The van der Waals surface area contributed by atoms with Crippen molar-refractivity contribution in [1.82, 2.24) is 15.0 Å². The molecule has 2 aromatic heterocycles. The molecule has 112 valence electrons. The monoisotopic (exact) mass is 304 g/mol. The Kier molecular flexibility index (Phi) is 6.27. The zero-order valence-electron chi connectivity index (χ0n) is 12.4. The molecule has 0 aliphatic carbocycles. The molecule has 2 aromatic rings. The molecule has 5 nitrogen and oxygen atoms in total. The number of ether oxygens (including phenoxy) is 1. The van der Waals surface area contributed by atoms with Crippen molar-refractivity contribution in [3.8, 4) is 5.88 Å². The molecule has 0 amide bonds. The number of aromatic nitrogens is 3. The van der Waals surface area contributed by atoms with Crippen LogP contribution in [0.25, 0.3) is 0 Å². The minimum Gasteiger partial charge on any atom is -0.477 e. The van der Waals surface area contributed by atoms with Gasteiger partial charge in [-0.1, -0.05) is 24.8 Å². The first-order valence-corrected chi connectivity index (χ1v) is 8.24. The molecule has 0 radical (unpaired) electrons. The number of pyridine rings is 1. The Balaban J connectivity index is 1.95. The third-order valence-corrected chi connectivity index (χ3v) is 3.30. The molecule has 6 heteroatoms. The fraction of sp³-hybridized carbons (Fsp3) is 0.400. The van der Waals surface area contributed by atoms with Gasteiger partial charge in [0.1, 0.15) is 5.82 Å². The van der Waals surface area contributed by atoms with E-state index in [9.17, 15) is 0 Å². The Morgan fingerprint density at radius 2 is 2.19 bits per heavy atom. The van der Waals surface area contributed by atoms with Gasteiger partial charge in [-0.2, -0.15) is 4.98 Å². The van der Waals surface area contributed by atoms with Crippen molar-refractivity contribution >= 4 is 17.6 Å². The lowest BCUT2D eigenvalue weighted by Gasteiger charge is -2.09. The van der Waals surface area contributed by atoms with E-state index in [4.69, 9.17) is 4.74 Å². The topological polar surface area (TPSA) is 59.9 Å². The summed E-state index contributed by atoms with van der Waals surface area (Å²) in [7, 11) is 0. The van der Waals surface area contributed by atoms with E-state index in [-0.39, 0.29) is 0 Å². The second kappa shape index (κ2) is 8.46. The van der Waals surface area contributed by atoms with Gasteiger partial charge >= 0.3 is 0 Å². The average Bonchev–Trinajstić information content (AvgIpc) is 2.53. The van der Waals surface area contributed by atoms with Gasteiger partial charge in [-0.3, -0.25) is 4.98 Å². The van der Waals surface area contributed by atoms with E-state index < -0.39 is 0 Å². The van der Waals surface area contributed by atoms with E-state index >= 15 is 0 Å². The summed E-state index contributed by atoms with van der Waals surface area (Å²) in [4.78, 5) is 13.0. The number of hydrogen-bond acceptors (Lipinski definition) is 6. The summed E-state index contributed by atoms with van der Waals surface area (Å²) in [5.41, 5.74) is 1.01. The highest BCUT2D eigenvalue weighted by atomic mass is 32.2. The van der Waals surface area contributed by atoms with Crippen LogP contribution < -0.4 is 10.1 Å². The van der Waals surface area contributed by atoms with Crippen molar-refractivity contribution in [2.45, 2.75) is 24.9 Å². The Bertz CT molecular complexity index is 551. The largest absolute Gasteiger partial charge is 0.477 e. The molecule has 0 atom stereocenters. The van der Waals surface area contributed by atoms with Crippen molar-refractivity contribution < 1.29 is 4.74 Å². The third-order valence-electron chi connectivity index (χ3n) is 2.76. The van der Waals surface area contributed by atoms with Gasteiger partial charge in [0.2, 0.25) is 5.88 Å². The number of nitrogens with one attached hydrogen (secondary N) is 1. The molecule has 0 aliphatic heterocycles. The first kappa shape index (κ1) is 15.6. The molecule has 2 rings (SSSR count). The van der Waals surface area contributed by atoms with Crippen LogP contribution >= 0.6 is 11.8 Å². The Labute approximate surface area is 129 Å². The fourth-order valence-corrected chi connectivity index (χ4v) is 2.09. The Morgan fingerprint density at radius 1 is 1.29 bits per heavy atom. The van der Waals surface area contributed by atoms with Crippen LogP contribution in [0.4, 0.5) is 5.82 Å². The molecule has 0 saturated carbocycles. The summed E-state index contributed by atoms with van der Waals surface area (Å²) in [5.74, 6) is 1.41. The maximum atomic E-state index is 5.73. The lowest BCUT2D eigenvalue weighted by atomic mass is 10.3. The second-order valence-electron chi connectivity index (χ2n) is 4.42. The van der Waals surface area contributed by atoms with Crippen molar-refractivity contribution in [2.24, 2.45) is 0 Å². The average molecular weight is 304 g/mol. The summed E-state index contributed by atoms with van der Waals surface area (Å²) < 4.78 is 5.73. The van der Waals surface area contributed by atoms with Gasteiger partial charge in [0.25, 0.3) is 0 Å². The van der Waals surface area contributed by atoms with Crippen LogP contribution in [0.2, 0.25) is 0 Å². The summed E-state index contributed by atoms with van der Waals surface area (Å²) >= 11 is 1.51. The number of anilines is 1. The van der Waals surface area contributed by atoms with Gasteiger partial charge in [0.05, 0.1) is 6.61 Å². The number of thioether (sulfide) groups is 1. The minimum atomic E-state index is 0.551. The van der Waals surface area contributed by atoms with Crippen LogP contribution in [-0.4, -0.2) is 34.4 Å². The van der Waals surface area contributed by atoms with Gasteiger partial charge in [-0.05, 0) is 24.8 Å². The molecule has 2 heterocycles. The van der Waals surface area contributed by atoms with E-state index in [1.165, 1.54) is 11.8 Å². The van der Waals surface area contributed by atoms with Crippen LogP contribution in [-0.2, 0) is 6.42 Å². The van der Waals surface area contributed by atoms with Crippen LogP contribution in [0.3, 0.4) is 0 Å². The number of rotatable bonds is 8. The number of hydrogen-bond donors (Lipinski definition) is 1. The van der Waals surface area contributed by atoms with Crippen molar-refractivity contribution in [2.75, 3.05) is 24.7 Å². The molecule has 21 heavy (non-hydrogen) atoms. The van der Waals surface area contributed by atoms with E-state index in [1.807, 2.05) is 30.5 Å².